The lowest BCUT2D eigenvalue weighted by atomic mass is 9.81. The molecule has 18 heavy (non-hydrogen) atoms. The molecule has 2 nitrogen and oxygen atoms in total. The Bertz CT molecular complexity index is 417. The molecule has 3 unspecified atom stereocenters. The van der Waals surface area contributed by atoms with Gasteiger partial charge in [0.25, 0.3) is 0 Å². The van der Waals surface area contributed by atoms with Crippen LogP contribution in [-0.2, 0) is 4.74 Å². The van der Waals surface area contributed by atoms with Crippen molar-refractivity contribution in [3.8, 4) is 0 Å². The van der Waals surface area contributed by atoms with Crippen LogP contribution in [0, 0.1) is 5.92 Å². The Morgan fingerprint density at radius 1 is 1.50 bits per heavy atom. The van der Waals surface area contributed by atoms with Crippen molar-refractivity contribution in [1.29, 1.82) is 0 Å². The molecule has 2 saturated heterocycles. The Hall–Kier alpha value is 0.450. The standard InChI is InChI=1S/C13H18BrNOS2/c14-11-2-1-10(18-11)12(15)9-3-5-16-13(7-9)4-6-17-8-13/h1-2,9,12H,3-8,15H2. The van der Waals surface area contributed by atoms with Crippen LogP contribution in [-0.4, -0.2) is 23.7 Å². The molecule has 3 rings (SSSR count). The molecule has 1 spiro atoms. The smallest absolute Gasteiger partial charge is 0.0783 e. The van der Waals surface area contributed by atoms with Crippen molar-refractivity contribution in [2.24, 2.45) is 11.7 Å². The highest BCUT2D eigenvalue weighted by atomic mass is 79.9. The summed E-state index contributed by atoms with van der Waals surface area (Å²) >= 11 is 7.31. The van der Waals surface area contributed by atoms with Gasteiger partial charge in [-0.05, 0) is 59.0 Å². The third-order valence-electron chi connectivity index (χ3n) is 4.03. The minimum atomic E-state index is 0.139. The number of rotatable bonds is 2. The summed E-state index contributed by atoms with van der Waals surface area (Å²) in [6.45, 7) is 0.880. The monoisotopic (exact) mass is 347 g/mol. The summed E-state index contributed by atoms with van der Waals surface area (Å²) in [7, 11) is 0. The summed E-state index contributed by atoms with van der Waals surface area (Å²) < 4.78 is 7.24. The Balaban J connectivity index is 1.72. The maximum Gasteiger partial charge on any atom is 0.0783 e. The van der Waals surface area contributed by atoms with Gasteiger partial charge in [-0.15, -0.1) is 11.3 Å². The van der Waals surface area contributed by atoms with E-state index in [0.29, 0.717) is 5.92 Å². The summed E-state index contributed by atoms with van der Waals surface area (Å²) in [5, 5.41) is 0. The van der Waals surface area contributed by atoms with Crippen molar-refractivity contribution >= 4 is 39.0 Å². The summed E-state index contributed by atoms with van der Waals surface area (Å²) in [5.74, 6) is 2.97. The van der Waals surface area contributed by atoms with Gasteiger partial charge >= 0.3 is 0 Å². The van der Waals surface area contributed by atoms with Gasteiger partial charge in [0.2, 0.25) is 0 Å². The summed E-state index contributed by atoms with van der Waals surface area (Å²) in [6, 6.07) is 4.43. The van der Waals surface area contributed by atoms with Crippen LogP contribution >= 0.6 is 39.0 Å². The molecule has 100 valence electrons. The van der Waals surface area contributed by atoms with E-state index in [1.165, 1.54) is 20.8 Å². The van der Waals surface area contributed by atoms with Gasteiger partial charge in [-0.25, -0.2) is 0 Å². The lowest BCUT2D eigenvalue weighted by Crippen LogP contribution is -2.42. The molecule has 5 heteroatoms. The van der Waals surface area contributed by atoms with Crippen molar-refractivity contribution in [3.05, 3.63) is 20.8 Å². The maximum absolute atomic E-state index is 6.46. The van der Waals surface area contributed by atoms with Gasteiger partial charge in [0.1, 0.15) is 0 Å². The van der Waals surface area contributed by atoms with E-state index in [1.807, 2.05) is 11.8 Å². The van der Waals surface area contributed by atoms with Crippen molar-refractivity contribution < 1.29 is 4.74 Å². The molecule has 0 saturated carbocycles. The third-order valence-corrected chi connectivity index (χ3v) is 6.98. The zero-order valence-corrected chi connectivity index (χ0v) is 13.5. The number of nitrogens with two attached hydrogens (primary N) is 1. The topological polar surface area (TPSA) is 35.2 Å². The van der Waals surface area contributed by atoms with Gasteiger partial charge < -0.3 is 10.5 Å². The van der Waals surface area contributed by atoms with Gasteiger partial charge in [-0.3, -0.25) is 0 Å². The average molecular weight is 348 g/mol. The first-order chi connectivity index (χ1) is 8.69. The van der Waals surface area contributed by atoms with Gasteiger partial charge in [0.05, 0.1) is 9.39 Å². The van der Waals surface area contributed by atoms with Crippen molar-refractivity contribution in [2.45, 2.75) is 30.9 Å². The van der Waals surface area contributed by atoms with E-state index >= 15 is 0 Å². The molecule has 0 bridgehead atoms. The predicted molar refractivity (Wildman–Crippen MR) is 82.3 cm³/mol. The van der Waals surface area contributed by atoms with E-state index in [1.54, 1.807) is 11.3 Å². The van der Waals surface area contributed by atoms with E-state index in [-0.39, 0.29) is 11.6 Å². The molecule has 2 aliphatic rings. The first-order valence-electron chi connectivity index (χ1n) is 6.41. The zero-order valence-electron chi connectivity index (χ0n) is 10.2. The SMILES string of the molecule is NC(c1ccc(Br)s1)C1CCOC2(CCSC2)C1. The fourth-order valence-electron chi connectivity index (χ4n) is 2.98. The van der Waals surface area contributed by atoms with Gasteiger partial charge in [-0.1, -0.05) is 0 Å². The largest absolute Gasteiger partial charge is 0.374 e. The van der Waals surface area contributed by atoms with Crippen LogP contribution < -0.4 is 5.73 Å². The van der Waals surface area contributed by atoms with Crippen LogP contribution in [0.4, 0.5) is 0 Å². The zero-order chi connectivity index (χ0) is 12.6. The molecule has 3 atom stereocenters. The number of hydrogen-bond donors (Lipinski definition) is 1. The Labute approximate surface area is 125 Å². The van der Waals surface area contributed by atoms with Gasteiger partial charge in [0.15, 0.2) is 0 Å². The molecule has 0 radical (unpaired) electrons. The van der Waals surface area contributed by atoms with Crippen LogP contribution in [0.5, 0.6) is 0 Å². The van der Waals surface area contributed by atoms with Crippen LogP contribution in [0.3, 0.4) is 0 Å². The number of thiophene rings is 1. The first-order valence-corrected chi connectivity index (χ1v) is 9.17. The van der Waals surface area contributed by atoms with Gasteiger partial charge in [0, 0.05) is 23.3 Å². The molecule has 0 amide bonds. The highest BCUT2D eigenvalue weighted by molar-refractivity contribution is 9.11. The van der Waals surface area contributed by atoms with Crippen molar-refractivity contribution in [3.63, 3.8) is 0 Å². The summed E-state index contributed by atoms with van der Waals surface area (Å²) in [4.78, 5) is 1.30. The van der Waals surface area contributed by atoms with Gasteiger partial charge in [-0.2, -0.15) is 11.8 Å². The molecule has 1 aromatic rings. The minimum absolute atomic E-state index is 0.139. The second kappa shape index (κ2) is 5.44. The Morgan fingerprint density at radius 2 is 2.39 bits per heavy atom. The highest BCUT2D eigenvalue weighted by Gasteiger charge is 2.42. The lowest BCUT2D eigenvalue weighted by molar-refractivity contribution is -0.0832. The van der Waals surface area contributed by atoms with Crippen LogP contribution in [0.25, 0.3) is 0 Å². The Morgan fingerprint density at radius 3 is 3.06 bits per heavy atom. The molecule has 0 aliphatic carbocycles. The molecular weight excluding hydrogens is 330 g/mol. The van der Waals surface area contributed by atoms with E-state index in [0.717, 1.165) is 25.2 Å². The quantitative estimate of drug-likeness (QED) is 0.883. The second-order valence-corrected chi connectivity index (χ2v) is 8.85. The number of thioether (sulfide) groups is 1. The molecular formula is C13H18BrNOS2. The van der Waals surface area contributed by atoms with Crippen LogP contribution in [0.2, 0.25) is 0 Å². The highest BCUT2D eigenvalue weighted by Crippen LogP contribution is 2.44. The Kier molecular flexibility index (Phi) is 4.06. The van der Waals surface area contributed by atoms with Crippen molar-refractivity contribution in [2.75, 3.05) is 18.1 Å². The minimum Gasteiger partial charge on any atom is -0.374 e. The normalized spacial score (nSPS) is 34.0. The molecule has 2 aliphatic heterocycles. The predicted octanol–water partition coefficient (Wildman–Crippen LogP) is 3.81. The number of halogens is 1. The fraction of sp³-hybridized carbons (Fsp3) is 0.692. The molecule has 3 heterocycles. The fourth-order valence-corrected chi connectivity index (χ4v) is 5.87. The van der Waals surface area contributed by atoms with Crippen LogP contribution in [0.15, 0.2) is 15.9 Å². The van der Waals surface area contributed by atoms with Crippen LogP contribution in [0.1, 0.15) is 30.2 Å². The third kappa shape index (κ3) is 2.66. The molecule has 2 N–H and O–H groups in total. The first kappa shape index (κ1) is 13.4. The maximum atomic E-state index is 6.46. The van der Waals surface area contributed by atoms with E-state index < -0.39 is 0 Å². The molecule has 1 aromatic heterocycles. The lowest BCUT2D eigenvalue weighted by Gasteiger charge is -2.39. The van der Waals surface area contributed by atoms with E-state index in [2.05, 4.69) is 28.1 Å². The van der Waals surface area contributed by atoms with E-state index in [4.69, 9.17) is 10.5 Å². The average Bonchev–Trinajstić information content (AvgIpc) is 2.98. The van der Waals surface area contributed by atoms with Crippen molar-refractivity contribution in [1.82, 2.24) is 0 Å². The second-order valence-electron chi connectivity index (χ2n) is 5.25. The molecule has 2 fully saturated rings. The number of ether oxygens (including phenoxy) is 1. The molecule has 0 aromatic carbocycles. The summed E-state index contributed by atoms with van der Waals surface area (Å²) in [6.07, 6.45) is 3.44. The van der Waals surface area contributed by atoms with E-state index in [9.17, 15) is 0 Å². The number of hydrogen-bond acceptors (Lipinski definition) is 4. The summed E-state index contributed by atoms with van der Waals surface area (Å²) in [5.41, 5.74) is 6.60.